The lowest BCUT2D eigenvalue weighted by Gasteiger charge is -2.28. The van der Waals surface area contributed by atoms with Crippen LogP contribution in [-0.4, -0.2) is 46.6 Å². The van der Waals surface area contributed by atoms with Crippen molar-refractivity contribution in [2.45, 2.75) is 51.1 Å². The van der Waals surface area contributed by atoms with Crippen LogP contribution in [0.4, 0.5) is 0 Å². The summed E-state index contributed by atoms with van der Waals surface area (Å²) in [7, 11) is 0. The quantitative estimate of drug-likeness (QED) is 0.425. The van der Waals surface area contributed by atoms with Crippen LogP contribution in [0.25, 0.3) is 0 Å². The second-order valence-corrected chi connectivity index (χ2v) is 6.11. The van der Waals surface area contributed by atoms with E-state index < -0.39 is 42.3 Å². The lowest BCUT2D eigenvalue weighted by Crippen LogP contribution is -2.34. The first-order chi connectivity index (χ1) is 10.7. The second kappa shape index (κ2) is 6.68. The Hall–Kier alpha value is -1.92. The predicted octanol–water partition coefficient (Wildman–Crippen LogP) is 1.03. The van der Waals surface area contributed by atoms with E-state index in [0.717, 1.165) is 0 Å². The molecule has 1 saturated heterocycles. The first-order valence-corrected chi connectivity index (χ1v) is 7.49. The number of aliphatic hydroxyl groups is 2. The van der Waals surface area contributed by atoms with E-state index >= 15 is 0 Å². The molecule has 2 rings (SSSR count). The molecule has 1 heterocycles. The average Bonchev–Trinajstić information content (AvgIpc) is 2.71. The first-order valence-electron chi connectivity index (χ1n) is 7.49. The Balaban J connectivity index is 2.40. The van der Waals surface area contributed by atoms with Gasteiger partial charge in [-0.2, -0.15) is 0 Å². The van der Waals surface area contributed by atoms with E-state index in [2.05, 4.69) is 13.2 Å². The van der Waals surface area contributed by atoms with Crippen molar-refractivity contribution in [3.8, 4) is 0 Å². The Bertz CT molecular complexity index is 576. The molecule has 0 radical (unpaired) electrons. The molecule has 1 fully saturated rings. The van der Waals surface area contributed by atoms with Crippen LogP contribution < -0.4 is 0 Å². The van der Waals surface area contributed by atoms with Crippen LogP contribution >= 0.6 is 0 Å². The van der Waals surface area contributed by atoms with Gasteiger partial charge in [0.25, 0.3) is 0 Å². The molecule has 0 bridgehead atoms. The molecular weight excluding hydrogens is 300 g/mol. The molecule has 0 saturated carbocycles. The van der Waals surface area contributed by atoms with Crippen LogP contribution in [-0.2, 0) is 19.1 Å². The van der Waals surface area contributed by atoms with E-state index in [1.165, 1.54) is 6.92 Å². The smallest absolute Gasteiger partial charge is 0.334 e. The molecule has 6 heteroatoms. The molecule has 5 atom stereocenters. The average molecular weight is 322 g/mol. The molecule has 0 aromatic heterocycles. The number of rotatable bonds is 1. The third-order valence-electron chi connectivity index (χ3n) is 4.30. The molecule has 0 aromatic rings. The molecule has 2 N–H and O–H groups in total. The van der Waals surface area contributed by atoms with Gasteiger partial charge in [0.1, 0.15) is 12.2 Å². The lowest BCUT2D eigenvalue weighted by molar-refractivity contribution is -0.146. The predicted molar refractivity (Wildman–Crippen MR) is 82.2 cm³/mol. The van der Waals surface area contributed by atoms with E-state index in [0.29, 0.717) is 11.1 Å². The van der Waals surface area contributed by atoms with Gasteiger partial charge in [-0.05, 0) is 30.6 Å². The minimum Gasteiger partial charge on any atom is -0.458 e. The fourth-order valence-electron chi connectivity index (χ4n) is 2.99. The van der Waals surface area contributed by atoms with Crippen LogP contribution in [0, 0.1) is 5.92 Å². The van der Waals surface area contributed by atoms with E-state index in [9.17, 15) is 19.8 Å². The van der Waals surface area contributed by atoms with Crippen molar-refractivity contribution >= 4 is 11.9 Å². The van der Waals surface area contributed by atoms with Gasteiger partial charge in [-0.25, -0.2) is 4.79 Å². The third kappa shape index (κ3) is 3.71. The van der Waals surface area contributed by atoms with E-state index in [-0.39, 0.29) is 18.4 Å². The zero-order valence-corrected chi connectivity index (χ0v) is 13.3. The molecule has 1 aliphatic carbocycles. The van der Waals surface area contributed by atoms with Gasteiger partial charge in [-0.15, -0.1) is 0 Å². The van der Waals surface area contributed by atoms with Gasteiger partial charge >= 0.3 is 11.9 Å². The van der Waals surface area contributed by atoms with Gasteiger partial charge in [-0.1, -0.05) is 13.2 Å². The highest BCUT2D eigenvalue weighted by molar-refractivity contribution is 5.91. The van der Waals surface area contributed by atoms with Gasteiger partial charge in [0, 0.05) is 18.9 Å². The number of hydrogen-bond donors (Lipinski definition) is 2. The van der Waals surface area contributed by atoms with Gasteiger partial charge < -0.3 is 19.7 Å². The third-order valence-corrected chi connectivity index (χ3v) is 4.30. The summed E-state index contributed by atoms with van der Waals surface area (Å²) in [5.74, 6) is -1.64. The minimum absolute atomic E-state index is 0.109. The number of carbonyl (C=O) groups excluding carboxylic acids is 2. The first kappa shape index (κ1) is 17.4. The molecule has 2 aliphatic rings. The second-order valence-electron chi connectivity index (χ2n) is 6.11. The number of esters is 2. The summed E-state index contributed by atoms with van der Waals surface area (Å²) in [5, 5.41) is 20.6. The minimum atomic E-state index is -0.935. The topological polar surface area (TPSA) is 93.1 Å². The van der Waals surface area contributed by atoms with Gasteiger partial charge in [0.2, 0.25) is 0 Å². The van der Waals surface area contributed by atoms with Crippen molar-refractivity contribution in [3.63, 3.8) is 0 Å². The van der Waals surface area contributed by atoms with Crippen LogP contribution in [0.5, 0.6) is 0 Å². The van der Waals surface area contributed by atoms with Crippen LogP contribution in [0.2, 0.25) is 0 Å². The Morgan fingerprint density at radius 3 is 2.65 bits per heavy atom. The summed E-state index contributed by atoms with van der Waals surface area (Å²) < 4.78 is 10.5. The maximum absolute atomic E-state index is 11.8. The maximum atomic E-state index is 11.8. The van der Waals surface area contributed by atoms with E-state index in [4.69, 9.17) is 9.47 Å². The lowest BCUT2D eigenvalue weighted by atomic mass is 9.83. The normalized spacial score (nSPS) is 37.5. The van der Waals surface area contributed by atoms with Crippen LogP contribution in [0.15, 0.2) is 36.0 Å². The maximum Gasteiger partial charge on any atom is 0.334 e. The molecular formula is C17H22O6. The number of carbonyl (C=O) groups is 2. The molecule has 0 aromatic carbocycles. The summed E-state index contributed by atoms with van der Waals surface area (Å²) in [6.45, 7) is 10.5. The monoisotopic (exact) mass is 322 g/mol. The van der Waals surface area contributed by atoms with E-state index in [1.54, 1.807) is 13.0 Å². The fraction of sp³-hybridized carbons (Fsp3) is 0.529. The molecule has 0 spiro atoms. The van der Waals surface area contributed by atoms with Gasteiger partial charge in [0.05, 0.1) is 18.1 Å². The Kier molecular flexibility index (Phi) is 5.06. The number of hydrogen-bond acceptors (Lipinski definition) is 6. The highest BCUT2D eigenvalue weighted by Gasteiger charge is 2.43. The molecule has 1 aliphatic heterocycles. The largest absolute Gasteiger partial charge is 0.458 e. The molecule has 0 amide bonds. The number of ether oxygens (including phenoxy) is 2. The summed E-state index contributed by atoms with van der Waals surface area (Å²) in [5.41, 5.74) is 1.24. The van der Waals surface area contributed by atoms with Crippen molar-refractivity contribution < 1.29 is 29.3 Å². The summed E-state index contributed by atoms with van der Waals surface area (Å²) in [4.78, 5) is 23.1. The Morgan fingerprint density at radius 1 is 1.39 bits per heavy atom. The van der Waals surface area contributed by atoms with Crippen molar-refractivity contribution in [1.29, 1.82) is 0 Å². The van der Waals surface area contributed by atoms with Crippen LogP contribution in [0.3, 0.4) is 0 Å². The number of fused-ring (bicyclic) bond motifs is 1. The standard InChI is InChI=1S/C17H22O6/c1-8-5-13(20)16-10(3)17(21)23-15(16)6-9(2)14(7-12(8)19)22-11(4)18/h6,12-16,19-20H,1,3,5,7H2,2,4H3/b9-6-/t12-,13-,14-,15-,16-/m0/s1. The van der Waals surface area contributed by atoms with Crippen molar-refractivity contribution in [2.75, 3.05) is 0 Å². The number of aliphatic hydroxyl groups excluding tert-OH is 2. The highest BCUT2D eigenvalue weighted by Crippen LogP contribution is 2.35. The Labute approximate surface area is 135 Å². The fourth-order valence-corrected chi connectivity index (χ4v) is 2.99. The molecule has 6 nitrogen and oxygen atoms in total. The zero-order valence-electron chi connectivity index (χ0n) is 13.3. The van der Waals surface area contributed by atoms with E-state index in [1.807, 2.05) is 0 Å². The SMILES string of the molecule is C=C1C(=O)O[C@H]2/C=C(/C)[C@@H](OC(C)=O)C[C@H](O)C(=C)C[C@H](O)[C@H]12. The summed E-state index contributed by atoms with van der Waals surface area (Å²) in [6.07, 6.45) is -1.29. The molecule has 23 heavy (non-hydrogen) atoms. The van der Waals surface area contributed by atoms with Gasteiger partial charge in [-0.3, -0.25) is 4.79 Å². The van der Waals surface area contributed by atoms with Crippen molar-refractivity contribution in [2.24, 2.45) is 5.92 Å². The molecule has 126 valence electrons. The summed E-state index contributed by atoms with van der Waals surface area (Å²) in [6, 6.07) is 0. The zero-order chi connectivity index (χ0) is 17.3. The van der Waals surface area contributed by atoms with Crippen molar-refractivity contribution in [3.05, 3.63) is 36.0 Å². The van der Waals surface area contributed by atoms with Crippen LogP contribution in [0.1, 0.15) is 26.7 Å². The Morgan fingerprint density at radius 2 is 2.04 bits per heavy atom. The molecule has 0 unspecified atom stereocenters. The van der Waals surface area contributed by atoms with Gasteiger partial charge in [0.15, 0.2) is 0 Å². The summed E-state index contributed by atoms with van der Waals surface area (Å²) >= 11 is 0. The highest BCUT2D eigenvalue weighted by atomic mass is 16.6. The van der Waals surface area contributed by atoms with Crippen molar-refractivity contribution in [1.82, 2.24) is 0 Å².